The van der Waals surface area contributed by atoms with Gasteiger partial charge in [0, 0.05) is 32.1 Å². The van der Waals surface area contributed by atoms with Crippen LogP contribution in [0.5, 0.6) is 0 Å². The Bertz CT molecular complexity index is 1380. The number of aromatic nitrogens is 2. The number of hydrogen-bond acceptors (Lipinski definition) is 7. The number of thiazole rings is 1. The number of nitrogens with one attached hydrogen (secondary N) is 2. The van der Waals surface area contributed by atoms with E-state index in [0.717, 1.165) is 40.0 Å². The third-order valence-electron chi connectivity index (χ3n) is 5.31. The lowest BCUT2D eigenvalue weighted by atomic mass is 10.2. The van der Waals surface area contributed by atoms with Gasteiger partial charge in [0.15, 0.2) is 12.4 Å². The molecule has 0 aliphatic heterocycles. The van der Waals surface area contributed by atoms with Gasteiger partial charge in [-0.05, 0) is 66.2 Å². The number of carbonyl (C=O) groups excluding carboxylic acids is 2. The van der Waals surface area contributed by atoms with Crippen molar-refractivity contribution in [3.8, 4) is 0 Å². The summed E-state index contributed by atoms with van der Waals surface area (Å²) in [6.07, 6.45) is 6.37. The second kappa shape index (κ2) is 14.1. The van der Waals surface area contributed by atoms with Gasteiger partial charge < -0.3 is 24.7 Å². The monoisotopic (exact) mass is 569 g/mol. The minimum absolute atomic E-state index is 0.405. The Balaban J connectivity index is 1.60. The summed E-state index contributed by atoms with van der Waals surface area (Å²) in [7, 11) is 0. The van der Waals surface area contributed by atoms with E-state index in [1.165, 1.54) is 0 Å². The number of hydrogen-bond donors (Lipinski definition) is 2. The highest BCUT2D eigenvalue weighted by molar-refractivity contribution is 7.16. The molecule has 0 bridgehead atoms. The molecule has 0 saturated heterocycles. The number of ether oxygens (including phenoxy) is 2. The van der Waals surface area contributed by atoms with E-state index in [1.807, 2.05) is 78.2 Å². The lowest BCUT2D eigenvalue weighted by molar-refractivity contribution is -0.697. The van der Waals surface area contributed by atoms with E-state index in [9.17, 15) is 9.59 Å². The molecule has 0 aliphatic carbocycles. The normalized spacial score (nSPS) is 12.6. The third kappa shape index (κ3) is 10.8. The van der Waals surface area contributed by atoms with E-state index >= 15 is 0 Å². The Labute approximate surface area is 239 Å². The molecule has 1 aromatic carbocycles. The molecule has 0 atom stereocenters. The first kappa shape index (κ1) is 30.8. The SMILES string of the molecule is CC(C)(C)OC(=O)NCCCn1/c(=N/N=C/c2ccc[n+](CCCNC(=O)OC(C)(C)C)c2)sc2ccccc21. The number of rotatable bonds is 10. The molecule has 216 valence electrons. The van der Waals surface area contributed by atoms with Crippen LogP contribution in [0.25, 0.3) is 10.2 Å². The van der Waals surface area contributed by atoms with Crippen molar-refractivity contribution in [1.29, 1.82) is 0 Å². The molecule has 10 nitrogen and oxygen atoms in total. The topological polar surface area (TPSA) is 110 Å². The molecule has 2 aromatic heterocycles. The summed E-state index contributed by atoms with van der Waals surface area (Å²) in [6, 6.07) is 12.1. The summed E-state index contributed by atoms with van der Waals surface area (Å²) in [5.74, 6) is 0. The van der Waals surface area contributed by atoms with Gasteiger partial charge in [0.1, 0.15) is 17.7 Å². The van der Waals surface area contributed by atoms with Crippen molar-refractivity contribution in [3.05, 3.63) is 59.2 Å². The van der Waals surface area contributed by atoms with Crippen LogP contribution in [0.3, 0.4) is 0 Å². The molecule has 2 amide bonds. The summed E-state index contributed by atoms with van der Waals surface area (Å²) < 4.78 is 15.9. The maximum atomic E-state index is 11.9. The molecule has 0 spiro atoms. The molecular weight excluding hydrogens is 528 g/mol. The van der Waals surface area contributed by atoms with Crippen LogP contribution < -0.4 is 20.0 Å². The molecule has 11 heteroatoms. The summed E-state index contributed by atoms with van der Waals surface area (Å²) >= 11 is 1.57. The smallest absolute Gasteiger partial charge is 0.407 e. The average Bonchev–Trinajstić information content (AvgIpc) is 3.20. The minimum Gasteiger partial charge on any atom is -0.444 e. The first-order chi connectivity index (χ1) is 18.9. The summed E-state index contributed by atoms with van der Waals surface area (Å²) in [6.45, 7) is 13.5. The van der Waals surface area contributed by atoms with Crippen LogP contribution in [0.15, 0.2) is 59.0 Å². The summed E-state index contributed by atoms with van der Waals surface area (Å²) in [4.78, 5) is 24.5. The highest BCUT2D eigenvalue weighted by Crippen LogP contribution is 2.17. The number of benzene rings is 1. The van der Waals surface area contributed by atoms with Crippen LogP contribution in [0, 0.1) is 0 Å². The highest BCUT2D eigenvalue weighted by Gasteiger charge is 2.16. The predicted molar refractivity (Wildman–Crippen MR) is 157 cm³/mol. The van der Waals surface area contributed by atoms with E-state index in [0.29, 0.717) is 19.6 Å². The number of fused-ring (bicyclic) bond motifs is 1. The number of alkyl carbamates (subject to hydrolysis) is 2. The molecular formula is C29H41N6O4S+. The molecule has 0 saturated carbocycles. The standard InChI is InChI=1S/C29H40N6O4S/c1-28(2,3)38-26(36)30-15-10-18-34-17-9-12-22(21-34)20-32-33-25-35(23-13-7-8-14-24(23)40-25)19-11-16-31-27(37)39-29(4,5)6/h7-9,12-14,17,20-21H,10-11,15-16,18-19H2,1-6H3,(H-,30,31,36,37)/p+1/b32-20+,33-25-. The van der Waals surface area contributed by atoms with Crippen molar-refractivity contribution >= 4 is 40.0 Å². The van der Waals surface area contributed by atoms with Crippen molar-refractivity contribution in [2.45, 2.75) is 78.7 Å². The molecule has 0 fully saturated rings. The zero-order chi connectivity index (χ0) is 29.2. The van der Waals surface area contributed by atoms with Crippen LogP contribution in [-0.2, 0) is 22.6 Å². The Hall–Kier alpha value is -3.73. The molecule has 0 radical (unpaired) electrons. The van der Waals surface area contributed by atoms with Crippen LogP contribution in [0.1, 0.15) is 59.9 Å². The van der Waals surface area contributed by atoms with Crippen molar-refractivity contribution in [1.82, 2.24) is 15.2 Å². The molecule has 0 unspecified atom stereocenters. The van der Waals surface area contributed by atoms with E-state index in [2.05, 4.69) is 42.1 Å². The molecule has 2 heterocycles. The van der Waals surface area contributed by atoms with E-state index in [4.69, 9.17) is 9.47 Å². The van der Waals surface area contributed by atoms with Crippen LogP contribution in [-0.4, -0.2) is 47.3 Å². The van der Waals surface area contributed by atoms with Gasteiger partial charge in [0.05, 0.1) is 22.0 Å². The van der Waals surface area contributed by atoms with Crippen molar-refractivity contribution in [3.63, 3.8) is 0 Å². The van der Waals surface area contributed by atoms with Gasteiger partial charge in [-0.2, -0.15) is 5.10 Å². The first-order valence-corrected chi connectivity index (χ1v) is 14.3. The van der Waals surface area contributed by atoms with Crippen molar-refractivity contribution in [2.24, 2.45) is 10.2 Å². The van der Waals surface area contributed by atoms with Crippen molar-refractivity contribution in [2.75, 3.05) is 13.1 Å². The number of carbonyl (C=O) groups is 2. The second-order valence-electron chi connectivity index (χ2n) is 11.3. The van der Waals surface area contributed by atoms with Crippen molar-refractivity contribution < 1.29 is 23.6 Å². The largest absolute Gasteiger partial charge is 0.444 e. The number of pyridine rings is 1. The molecule has 40 heavy (non-hydrogen) atoms. The van der Waals surface area contributed by atoms with Crippen LogP contribution in [0.4, 0.5) is 9.59 Å². The maximum Gasteiger partial charge on any atom is 0.407 e. The Morgan fingerprint density at radius 2 is 1.60 bits per heavy atom. The average molecular weight is 570 g/mol. The van der Waals surface area contributed by atoms with Crippen LogP contribution >= 0.6 is 11.3 Å². The van der Waals surface area contributed by atoms with Gasteiger partial charge in [-0.25, -0.2) is 14.2 Å². The Morgan fingerprint density at radius 1 is 0.950 bits per heavy atom. The molecule has 2 N–H and O–H groups in total. The Morgan fingerprint density at radius 3 is 2.27 bits per heavy atom. The number of nitrogens with zero attached hydrogens (tertiary/aromatic N) is 4. The Kier molecular flexibility index (Phi) is 10.8. The van der Waals surface area contributed by atoms with E-state index in [-0.39, 0.29) is 0 Å². The van der Waals surface area contributed by atoms with Crippen LogP contribution in [0.2, 0.25) is 0 Å². The fourth-order valence-electron chi connectivity index (χ4n) is 3.72. The molecule has 3 rings (SSSR count). The number of aryl methyl sites for hydroxylation is 2. The first-order valence-electron chi connectivity index (χ1n) is 13.5. The number of para-hydroxylation sites is 1. The summed E-state index contributed by atoms with van der Waals surface area (Å²) in [5.41, 5.74) is 0.964. The lowest BCUT2D eigenvalue weighted by Crippen LogP contribution is -2.37. The zero-order valence-electron chi connectivity index (χ0n) is 24.3. The highest BCUT2D eigenvalue weighted by atomic mass is 32.1. The van der Waals surface area contributed by atoms with E-state index < -0.39 is 23.4 Å². The minimum atomic E-state index is -0.524. The predicted octanol–water partition coefficient (Wildman–Crippen LogP) is 4.75. The van der Waals surface area contributed by atoms with E-state index in [1.54, 1.807) is 17.6 Å². The molecule has 3 aromatic rings. The van der Waals surface area contributed by atoms with Gasteiger partial charge in [0.2, 0.25) is 4.80 Å². The maximum absolute atomic E-state index is 11.9. The van der Waals surface area contributed by atoms with Gasteiger partial charge in [-0.1, -0.05) is 23.5 Å². The summed E-state index contributed by atoms with van der Waals surface area (Å²) in [5, 5.41) is 14.5. The van der Waals surface area contributed by atoms with Gasteiger partial charge >= 0.3 is 12.2 Å². The van der Waals surface area contributed by atoms with Gasteiger partial charge in [-0.3, -0.25) is 0 Å². The lowest BCUT2D eigenvalue weighted by Gasteiger charge is -2.19. The van der Waals surface area contributed by atoms with Gasteiger partial charge in [0.25, 0.3) is 0 Å². The fourth-order valence-corrected chi connectivity index (χ4v) is 4.74. The quantitative estimate of drug-likeness (QED) is 0.159. The van der Waals surface area contributed by atoms with Gasteiger partial charge in [-0.15, -0.1) is 5.10 Å². The third-order valence-corrected chi connectivity index (χ3v) is 6.36. The number of amides is 2. The second-order valence-corrected chi connectivity index (χ2v) is 12.3. The zero-order valence-corrected chi connectivity index (χ0v) is 25.1. The fraction of sp³-hybridized carbons (Fsp3) is 0.483. The molecule has 0 aliphatic rings.